The van der Waals surface area contributed by atoms with Crippen LogP contribution < -0.4 is 11.1 Å². The number of amides is 1. The summed E-state index contributed by atoms with van der Waals surface area (Å²) in [6.07, 6.45) is 0.305. The molecule has 0 radical (unpaired) electrons. The summed E-state index contributed by atoms with van der Waals surface area (Å²) >= 11 is 0. The minimum absolute atomic E-state index is 0. The fraction of sp³-hybridized carbons (Fsp3) is 0.533. The fourth-order valence-electron chi connectivity index (χ4n) is 2.49. The van der Waals surface area contributed by atoms with E-state index in [9.17, 15) is 9.18 Å². The molecular weight excluding hydrogens is 309 g/mol. The number of rotatable bonds is 6. The summed E-state index contributed by atoms with van der Waals surface area (Å²) in [4.78, 5) is 13.8. The Balaban J connectivity index is 0.00000242. The highest BCUT2D eigenvalue weighted by Gasteiger charge is 2.23. The number of hydrogen-bond donors (Lipinski definition) is 2. The molecule has 1 unspecified atom stereocenters. The van der Waals surface area contributed by atoms with Crippen molar-refractivity contribution in [3.8, 4) is 0 Å². The molecule has 1 amide bonds. The molecule has 3 N–H and O–H groups in total. The summed E-state index contributed by atoms with van der Waals surface area (Å²) < 4.78 is 18.8. The largest absolute Gasteiger partial charge is 0.379 e. The van der Waals surface area contributed by atoms with Gasteiger partial charge in [0.2, 0.25) is 5.91 Å². The summed E-state index contributed by atoms with van der Waals surface area (Å²) in [6.45, 7) is 3.63. The van der Waals surface area contributed by atoms with Crippen molar-refractivity contribution in [2.75, 3.05) is 39.4 Å². The van der Waals surface area contributed by atoms with Crippen molar-refractivity contribution < 1.29 is 13.9 Å². The summed E-state index contributed by atoms with van der Waals surface area (Å²) in [5.41, 5.74) is 6.24. The number of halogens is 2. The van der Waals surface area contributed by atoms with Crippen LogP contribution >= 0.6 is 12.4 Å². The Hall–Kier alpha value is -1.21. The van der Waals surface area contributed by atoms with E-state index in [4.69, 9.17) is 10.5 Å². The zero-order valence-corrected chi connectivity index (χ0v) is 13.3. The first-order valence-corrected chi connectivity index (χ1v) is 7.24. The molecule has 0 aromatic heterocycles. The van der Waals surface area contributed by atoms with Gasteiger partial charge in [0.05, 0.1) is 19.3 Å². The molecule has 1 aromatic rings. The molecule has 0 spiro atoms. The number of carbonyl (C=O) groups is 1. The van der Waals surface area contributed by atoms with Gasteiger partial charge >= 0.3 is 0 Å². The summed E-state index contributed by atoms with van der Waals surface area (Å²) in [5, 5.41) is 2.88. The zero-order valence-electron chi connectivity index (χ0n) is 12.5. The van der Waals surface area contributed by atoms with Gasteiger partial charge in [-0.2, -0.15) is 0 Å². The predicted octanol–water partition coefficient (Wildman–Crippen LogP) is 1.09. The number of nitrogens with two attached hydrogens (primary N) is 1. The molecule has 1 fully saturated rings. The fourth-order valence-corrected chi connectivity index (χ4v) is 2.49. The molecular formula is C15H23ClFN3O2. The molecule has 2 rings (SSSR count). The predicted molar refractivity (Wildman–Crippen MR) is 85.5 cm³/mol. The first kappa shape index (κ1) is 18.8. The van der Waals surface area contributed by atoms with Crippen LogP contribution in [0.25, 0.3) is 0 Å². The molecule has 7 heteroatoms. The SMILES string of the molecule is Cl.NCCC(=O)NCC(c1cccc(F)c1)N1CCOCC1. The highest BCUT2D eigenvalue weighted by Crippen LogP contribution is 2.22. The van der Waals surface area contributed by atoms with E-state index in [0.717, 1.165) is 18.7 Å². The smallest absolute Gasteiger partial charge is 0.221 e. The van der Waals surface area contributed by atoms with E-state index in [0.29, 0.717) is 32.7 Å². The van der Waals surface area contributed by atoms with Crippen molar-refractivity contribution in [3.05, 3.63) is 35.6 Å². The van der Waals surface area contributed by atoms with E-state index in [-0.39, 0.29) is 30.2 Å². The maximum Gasteiger partial charge on any atom is 0.221 e. The number of morpholine rings is 1. The van der Waals surface area contributed by atoms with Gasteiger partial charge in [0.25, 0.3) is 0 Å². The third kappa shape index (κ3) is 5.53. The molecule has 1 aliphatic heterocycles. The van der Waals surface area contributed by atoms with Gasteiger partial charge in [-0.1, -0.05) is 12.1 Å². The monoisotopic (exact) mass is 331 g/mol. The van der Waals surface area contributed by atoms with Crippen LogP contribution in [0, 0.1) is 5.82 Å². The molecule has 1 heterocycles. The first-order valence-electron chi connectivity index (χ1n) is 7.24. The topological polar surface area (TPSA) is 67.6 Å². The maximum absolute atomic E-state index is 13.5. The average Bonchev–Trinajstić information content (AvgIpc) is 2.49. The van der Waals surface area contributed by atoms with Crippen molar-refractivity contribution in [1.82, 2.24) is 10.2 Å². The molecule has 1 aliphatic rings. The van der Waals surface area contributed by atoms with Crippen molar-refractivity contribution in [1.29, 1.82) is 0 Å². The Bertz CT molecular complexity index is 470. The second-order valence-electron chi connectivity index (χ2n) is 5.06. The van der Waals surface area contributed by atoms with E-state index < -0.39 is 0 Å². The Kier molecular flexibility index (Phi) is 8.34. The summed E-state index contributed by atoms with van der Waals surface area (Å²) in [6, 6.07) is 6.48. The molecule has 0 bridgehead atoms. The van der Waals surface area contributed by atoms with E-state index in [1.165, 1.54) is 12.1 Å². The number of hydrogen-bond acceptors (Lipinski definition) is 4. The number of ether oxygens (including phenoxy) is 1. The van der Waals surface area contributed by atoms with Crippen LogP contribution in [0.2, 0.25) is 0 Å². The summed E-state index contributed by atoms with van der Waals surface area (Å²) in [7, 11) is 0. The molecule has 1 aromatic carbocycles. The average molecular weight is 332 g/mol. The molecule has 124 valence electrons. The standard InChI is InChI=1S/C15H22FN3O2.ClH/c16-13-3-1-2-12(10-13)14(11-18-15(20)4-5-17)19-6-8-21-9-7-19;/h1-3,10,14H,4-9,11,17H2,(H,18,20);1H. The maximum atomic E-state index is 13.5. The van der Waals surface area contributed by atoms with Gasteiger partial charge in [-0.05, 0) is 17.7 Å². The van der Waals surface area contributed by atoms with E-state index in [1.54, 1.807) is 6.07 Å². The third-order valence-electron chi connectivity index (χ3n) is 3.58. The molecule has 5 nitrogen and oxygen atoms in total. The first-order chi connectivity index (χ1) is 10.2. The Morgan fingerprint density at radius 2 is 2.14 bits per heavy atom. The second kappa shape index (κ2) is 9.74. The van der Waals surface area contributed by atoms with Gasteiger partial charge in [0, 0.05) is 32.6 Å². The highest BCUT2D eigenvalue weighted by atomic mass is 35.5. The van der Waals surface area contributed by atoms with Crippen LogP contribution in [0.4, 0.5) is 4.39 Å². The minimum Gasteiger partial charge on any atom is -0.379 e. The van der Waals surface area contributed by atoms with E-state index in [2.05, 4.69) is 10.2 Å². The normalized spacial score (nSPS) is 16.6. The van der Waals surface area contributed by atoms with Crippen LogP contribution in [0.3, 0.4) is 0 Å². The molecule has 0 saturated carbocycles. The Morgan fingerprint density at radius 3 is 2.77 bits per heavy atom. The van der Waals surface area contributed by atoms with Gasteiger partial charge in [-0.3, -0.25) is 9.69 Å². The minimum atomic E-state index is -0.265. The van der Waals surface area contributed by atoms with E-state index in [1.807, 2.05) is 6.07 Å². The molecule has 1 saturated heterocycles. The lowest BCUT2D eigenvalue weighted by Crippen LogP contribution is -2.44. The van der Waals surface area contributed by atoms with Crippen LogP contribution in [0.5, 0.6) is 0 Å². The Labute approximate surface area is 136 Å². The van der Waals surface area contributed by atoms with Gasteiger partial charge < -0.3 is 15.8 Å². The van der Waals surface area contributed by atoms with E-state index >= 15 is 0 Å². The lowest BCUT2D eigenvalue weighted by molar-refractivity contribution is -0.121. The van der Waals surface area contributed by atoms with Crippen LogP contribution in [-0.2, 0) is 9.53 Å². The third-order valence-corrected chi connectivity index (χ3v) is 3.58. The zero-order chi connectivity index (χ0) is 15.1. The van der Waals surface area contributed by atoms with Crippen LogP contribution in [0.1, 0.15) is 18.0 Å². The van der Waals surface area contributed by atoms with Crippen molar-refractivity contribution in [2.24, 2.45) is 5.73 Å². The van der Waals surface area contributed by atoms with Crippen molar-refractivity contribution in [2.45, 2.75) is 12.5 Å². The lowest BCUT2D eigenvalue weighted by atomic mass is 10.0. The second-order valence-corrected chi connectivity index (χ2v) is 5.06. The summed E-state index contributed by atoms with van der Waals surface area (Å²) in [5.74, 6) is -0.341. The van der Waals surface area contributed by atoms with Crippen molar-refractivity contribution in [3.63, 3.8) is 0 Å². The highest BCUT2D eigenvalue weighted by molar-refractivity contribution is 5.85. The molecule has 1 atom stereocenters. The van der Waals surface area contributed by atoms with Crippen LogP contribution in [-0.4, -0.2) is 50.2 Å². The van der Waals surface area contributed by atoms with Gasteiger partial charge in [0.15, 0.2) is 0 Å². The van der Waals surface area contributed by atoms with Crippen LogP contribution in [0.15, 0.2) is 24.3 Å². The number of nitrogens with one attached hydrogen (secondary N) is 1. The Morgan fingerprint density at radius 1 is 1.41 bits per heavy atom. The number of carbonyl (C=O) groups excluding carboxylic acids is 1. The lowest BCUT2D eigenvalue weighted by Gasteiger charge is -2.35. The quantitative estimate of drug-likeness (QED) is 0.818. The number of nitrogens with zero attached hydrogens (tertiary/aromatic N) is 1. The van der Waals surface area contributed by atoms with Gasteiger partial charge in [-0.25, -0.2) is 4.39 Å². The molecule has 0 aliphatic carbocycles. The molecule has 22 heavy (non-hydrogen) atoms. The van der Waals surface area contributed by atoms with Gasteiger partial charge in [0.1, 0.15) is 5.82 Å². The number of benzene rings is 1. The van der Waals surface area contributed by atoms with Crippen molar-refractivity contribution >= 4 is 18.3 Å². The van der Waals surface area contributed by atoms with Gasteiger partial charge in [-0.15, -0.1) is 12.4 Å².